The Hall–Kier alpha value is -2.63. The van der Waals surface area contributed by atoms with Crippen molar-refractivity contribution < 1.29 is 23.0 Å². The lowest BCUT2D eigenvalue weighted by atomic mass is 10.1. The van der Waals surface area contributed by atoms with Gasteiger partial charge < -0.3 is 14.8 Å². The topological polar surface area (TPSA) is 47.6 Å². The summed E-state index contributed by atoms with van der Waals surface area (Å²) in [6.45, 7) is 5.48. The Morgan fingerprint density at radius 1 is 1.00 bits per heavy atom. The molecule has 134 valence electrons. The number of carbonyl (C=O) groups is 1. The maximum Gasteiger partial charge on any atom is 0.251 e. The van der Waals surface area contributed by atoms with Crippen LogP contribution in [-0.2, 0) is 0 Å². The highest BCUT2D eigenvalue weighted by atomic mass is 19.2. The third-order valence-corrected chi connectivity index (χ3v) is 3.58. The van der Waals surface area contributed by atoms with Gasteiger partial charge in [0, 0.05) is 5.56 Å². The molecule has 1 atom stereocenters. The van der Waals surface area contributed by atoms with E-state index in [1.165, 1.54) is 13.2 Å². The molecule has 2 rings (SSSR count). The molecule has 1 amide bonds. The van der Waals surface area contributed by atoms with Crippen molar-refractivity contribution in [3.8, 4) is 11.5 Å². The molecule has 0 aliphatic rings. The molecular weight excluding hydrogens is 328 g/mol. The zero-order valence-electron chi connectivity index (χ0n) is 14.6. The van der Waals surface area contributed by atoms with E-state index in [1.54, 1.807) is 25.1 Å². The number of amides is 1. The van der Waals surface area contributed by atoms with Crippen molar-refractivity contribution in [3.05, 3.63) is 59.2 Å². The monoisotopic (exact) mass is 349 g/mol. The lowest BCUT2D eigenvalue weighted by molar-refractivity contribution is 0.0939. The number of hydrogen-bond acceptors (Lipinski definition) is 3. The fourth-order valence-corrected chi connectivity index (χ4v) is 2.31. The Labute approximate surface area is 145 Å². The number of benzene rings is 2. The molecule has 0 saturated carbocycles. The molecule has 2 aromatic rings. The minimum absolute atomic E-state index is 0.0260. The molecule has 0 radical (unpaired) electrons. The summed E-state index contributed by atoms with van der Waals surface area (Å²) >= 11 is 0. The largest absolute Gasteiger partial charge is 0.493 e. The van der Waals surface area contributed by atoms with Gasteiger partial charge >= 0.3 is 0 Å². The van der Waals surface area contributed by atoms with Crippen molar-refractivity contribution in [1.82, 2.24) is 5.32 Å². The van der Waals surface area contributed by atoms with E-state index in [0.29, 0.717) is 22.6 Å². The van der Waals surface area contributed by atoms with Gasteiger partial charge in [-0.3, -0.25) is 4.79 Å². The molecular formula is C19H21F2NO3. The van der Waals surface area contributed by atoms with Crippen LogP contribution in [0.25, 0.3) is 0 Å². The van der Waals surface area contributed by atoms with Gasteiger partial charge in [0.05, 0.1) is 19.3 Å². The van der Waals surface area contributed by atoms with Gasteiger partial charge in [-0.25, -0.2) is 8.78 Å². The lowest BCUT2D eigenvalue weighted by Gasteiger charge is -2.17. The molecule has 0 heterocycles. The average molecular weight is 349 g/mol. The molecule has 4 nitrogen and oxygen atoms in total. The fraction of sp³-hybridized carbons (Fsp3) is 0.316. The Balaban J connectivity index is 2.15. The van der Waals surface area contributed by atoms with E-state index < -0.39 is 17.7 Å². The highest BCUT2D eigenvalue weighted by Gasteiger charge is 2.16. The van der Waals surface area contributed by atoms with Crippen molar-refractivity contribution in [2.75, 3.05) is 7.11 Å². The quantitative estimate of drug-likeness (QED) is 0.848. The highest BCUT2D eigenvalue weighted by molar-refractivity contribution is 5.95. The van der Waals surface area contributed by atoms with Gasteiger partial charge in [0.2, 0.25) is 0 Å². The van der Waals surface area contributed by atoms with Crippen LogP contribution in [0.4, 0.5) is 8.78 Å². The molecule has 1 unspecified atom stereocenters. The first kappa shape index (κ1) is 18.7. The summed E-state index contributed by atoms with van der Waals surface area (Å²) in [5, 5.41) is 2.75. The van der Waals surface area contributed by atoms with Crippen LogP contribution in [0, 0.1) is 11.6 Å². The van der Waals surface area contributed by atoms with Crippen molar-refractivity contribution in [1.29, 1.82) is 0 Å². The van der Waals surface area contributed by atoms with Crippen LogP contribution in [0.2, 0.25) is 0 Å². The predicted molar refractivity (Wildman–Crippen MR) is 91.0 cm³/mol. The third-order valence-electron chi connectivity index (χ3n) is 3.58. The molecule has 1 N–H and O–H groups in total. The van der Waals surface area contributed by atoms with Gasteiger partial charge in [0.25, 0.3) is 5.91 Å². The van der Waals surface area contributed by atoms with Gasteiger partial charge in [-0.05, 0) is 56.7 Å². The molecule has 0 fully saturated rings. The second-order valence-corrected chi connectivity index (χ2v) is 5.90. The first-order valence-electron chi connectivity index (χ1n) is 7.92. The maximum absolute atomic E-state index is 13.3. The zero-order chi connectivity index (χ0) is 18.6. The molecule has 0 saturated heterocycles. The summed E-state index contributed by atoms with van der Waals surface area (Å²) in [4.78, 5) is 12.4. The molecule has 2 aromatic carbocycles. The number of hydrogen-bond donors (Lipinski definition) is 1. The summed E-state index contributed by atoms with van der Waals surface area (Å²) in [7, 11) is 1.49. The maximum atomic E-state index is 13.3. The lowest BCUT2D eigenvalue weighted by Crippen LogP contribution is -2.26. The number of nitrogens with one attached hydrogen (secondary N) is 1. The summed E-state index contributed by atoms with van der Waals surface area (Å²) in [6, 6.07) is 7.91. The standard InChI is InChI=1S/C19H21F2NO3/c1-11(2)25-17-8-6-14(10-18(17)24-4)19(23)22-12(3)13-5-7-15(20)16(21)9-13/h5-12H,1-4H3,(H,22,23). The van der Waals surface area contributed by atoms with Crippen LogP contribution in [0.15, 0.2) is 36.4 Å². The van der Waals surface area contributed by atoms with Gasteiger partial charge in [0.1, 0.15) is 0 Å². The molecule has 0 spiro atoms. The molecule has 6 heteroatoms. The Morgan fingerprint density at radius 2 is 1.72 bits per heavy atom. The number of carbonyl (C=O) groups excluding carboxylic acids is 1. The van der Waals surface area contributed by atoms with E-state index in [2.05, 4.69) is 5.32 Å². The van der Waals surface area contributed by atoms with Crippen LogP contribution in [-0.4, -0.2) is 19.1 Å². The van der Waals surface area contributed by atoms with Crippen molar-refractivity contribution in [2.24, 2.45) is 0 Å². The second-order valence-electron chi connectivity index (χ2n) is 5.90. The average Bonchev–Trinajstić information content (AvgIpc) is 2.57. The number of ether oxygens (including phenoxy) is 2. The van der Waals surface area contributed by atoms with Crippen LogP contribution in [0.5, 0.6) is 11.5 Å². The molecule has 0 bridgehead atoms. The van der Waals surface area contributed by atoms with Crippen molar-refractivity contribution >= 4 is 5.91 Å². The van der Waals surface area contributed by atoms with Gasteiger partial charge in [-0.15, -0.1) is 0 Å². The Morgan fingerprint density at radius 3 is 2.32 bits per heavy atom. The number of methoxy groups -OCH3 is 1. The molecule has 0 aliphatic carbocycles. The minimum atomic E-state index is -0.949. The Kier molecular flexibility index (Phi) is 5.96. The summed E-state index contributed by atoms with van der Waals surface area (Å²) in [5.41, 5.74) is 0.848. The second kappa shape index (κ2) is 7.96. The fourth-order valence-electron chi connectivity index (χ4n) is 2.31. The smallest absolute Gasteiger partial charge is 0.251 e. The van der Waals surface area contributed by atoms with Crippen LogP contribution in [0.3, 0.4) is 0 Å². The van der Waals surface area contributed by atoms with Crippen LogP contribution >= 0.6 is 0 Å². The normalized spacial score (nSPS) is 12.0. The third kappa shape index (κ3) is 4.68. The van der Waals surface area contributed by atoms with Crippen molar-refractivity contribution in [2.45, 2.75) is 32.9 Å². The first-order chi connectivity index (χ1) is 11.8. The highest BCUT2D eigenvalue weighted by Crippen LogP contribution is 2.29. The number of rotatable bonds is 6. The van der Waals surface area contributed by atoms with Gasteiger partial charge in [-0.2, -0.15) is 0 Å². The molecule has 25 heavy (non-hydrogen) atoms. The van der Waals surface area contributed by atoms with E-state index in [1.807, 2.05) is 13.8 Å². The summed E-state index contributed by atoms with van der Waals surface area (Å²) < 4.78 is 37.2. The van der Waals surface area contributed by atoms with Gasteiger partial charge in [-0.1, -0.05) is 6.07 Å². The SMILES string of the molecule is COc1cc(C(=O)NC(C)c2ccc(F)c(F)c2)ccc1OC(C)C. The first-order valence-corrected chi connectivity index (χ1v) is 7.92. The van der Waals surface area contributed by atoms with Gasteiger partial charge in [0.15, 0.2) is 23.1 Å². The zero-order valence-corrected chi connectivity index (χ0v) is 14.6. The van der Waals surface area contributed by atoms with E-state index in [-0.39, 0.29) is 12.0 Å². The minimum Gasteiger partial charge on any atom is -0.493 e. The summed E-state index contributed by atoms with van der Waals surface area (Å²) in [5.74, 6) is -1.24. The van der Waals surface area contributed by atoms with E-state index in [9.17, 15) is 13.6 Å². The molecule has 0 aromatic heterocycles. The predicted octanol–water partition coefficient (Wildman–Crippen LogP) is 4.25. The van der Waals surface area contributed by atoms with Crippen molar-refractivity contribution in [3.63, 3.8) is 0 Å². The van der Waals surface area contributed by atoms with E-state index >= 15 is 0 Å². The van der Waals surface area contributed by atoms with Crippen LogP contribution in [0.1, 0.15) is 42.7 Å². The molecule has 0 aliphatic heterocycles. The van der Waals surface area contributed by atoms with E-state index in [0.717, 1.165) is 12.1 Å². The van der Waals surface area contributed by atoms with Crippen LogP contribution < -0.4 is 14.8 Å². The number of halogens is 2. The summed E-state index contributed by atoms with van der Waals surface area (Å²) in [6.07, 6.45) is -0.0260. The Bertz CT molecular complexity index is 762. The van der Waals surface area contributed by atoms with E-state index in [4.69, 9.17) is 9.47 Å².